The Morgan fingerprint density at radius 3 is 1.81 bits per heavy atom. The molecule has 0 spiro atoms. The van der Waals surface area contributed by atoms with E-state index in [1.165, 1.54) is 57.8 Å². The third-order valence-electron chi connectivity index (χ3n) is 4.02. The first kappa shape index (κ1) is 11.9. The van der Waals surface area contributed by atoms with Crippen molar-refractivity contribution in [3.05, 3.63) is 0 Å². The molecule has 16 heavy (non-hydrogen) atoms. The third kappa shape index (κ3) is 3.23. The predicted molar refractivity (Wildman–Crippen MR) is 64.2 cm³/mol. The highest BCUT2D eigenvalue weighted by atomic mass is 16.6. The van der Waals surface area contributed by atoms with Gasteiger partial charge in [0.2, 0.25) is 0 Å². The van der Waals surface area contributed by atoms with Crippen molar-refractivity contribution in [1.82, 2.24) is 0 Å². The second-order valence-electron chi connectivity index (χ2n) is 5.34. The van der Waals surface area contributed by atoms with Crippen molar-refractivity contribution in [3.8, 4) is 0 Å². The summed E-state index contributed by atoms with van der Waals surface area (Å²) in [4.78, 5) is 11.3. The zero-order valence-electron chi connectivity index (χ0n) is 10.2. The molecule has 0 radical (unpaired) electrons. The van der Waals surface area contributed by atoms with Crippen molar-refractivity contribution < 1.29 is 9.53 Å². The molecule has 0 bridgehead atoms. The van der Waals surface area contributed by atoms with E-state index in [4.69, 9.17) is 4.74 Å². The molecule has 2 heteroatoms. The van der Waals surface area contributed by atoms with Crippen LogP contribution in [0.15, 0.2) is 0 Å². The van der Waals surface area contributed by atoms with Crippen LogP contribution in [-0.2, 0) is 9.53 Å². The highest BCUT2D eigenvalue weighted by Crippen LogP contribution is 2.31. The molecule has 2 fully saturated rings. The van der Waals surface area contributed by atoms with Crippen molar-refractivity contribution in [1.29, 1.82) is 0 Å². The Hall–Kier alpha value is -0.530. The topological polar surface area (TPSA) is 26.3 Å². The van der Waals surface area contributed by atoms with Gasteiger partial charge in [-0.15, -0.1) is 0 Å². The van der Waals surface area contributed by atoms with E-state index in [1.807, 2.05) is 0 Å². The van der Waals surface area contributed by atoms with Gasteiger partial charge < -0.3 is 4.74 Å². The summed E-state index contributed by atoms with van der Waals surface area (Å²) in [7, 11) is 0. The fourth-order valence-corrected chi connectivity index (χ4v) is 2.91. The molecule has 2 rings (SSSR count). The Bertz CT molecular complexity index is 225. The van der Waals surface area contributed by atoms with Crippen LogP contribution in [0.25, 0.3) is 0 Å². The first-order valence-corrected chi connectivity index (χ1v) is 7.08. The monoisotopic (exact) mass is 224 g/mol. The van der Waals surface area contributed by atoms with Crippen LogP contribution in [0.3, 0.4) is 0 Å². The Kier molecular flexibility index (Phi) is 4.68. The molecule has 2 nitrogen and oxygen atoms in total. The summed E-state index contributed by atoms with van der Waals surface area (Å²) in [6.07, 6.45) is 14.4. The molecule has 1 aliphatic heterocycles. The maximum Gasteiger partial charge on any atom is 0.313 e. The Morgan fingerprint density at radius 1 is 0.750 bits per heavy atom. The van der Waals surface area contributed by atoms with Gasteiger partial charge in [0.15, 0.2) is 0 Å². The lowest BCUT2D eigenvalue weighted by Gasteiger charge is -2.35. The standard InChI is InChI=1S/C14H24O2/c15-14-12-10-8-6-4-2-1-3-5-7-9-11-13(12)16-14/h12-13H,1-11H2. The highest BCUT2D eigenvalue weighted by molar-refractivity contribution is 5.78. The normalized spacial score (nSPS) is 33.4. The molecule has 0 aromatic rings. The average Bonchev–Trinajstić information content (AvgIpc) is 2.29. The van der Waals surface area contributed by atoms with E-state index in [0.717, 1.165) is 12.8 Å². The van der Waals surface area contributed by atoms with Crippen LogP contribution < -0.4 is 0 Å². The lowest BCUT2D eigenvalue weighted by molar-refractivity contribution is -0.186. The largest absolute Gasteiger partial charge is 0.461 e. The predicted octanol–water partition coefficient (Wildman–Crippen LogP) is 3.83. The van der Waals surface area contributed by atoms with Crippen LogP contribution in [0.4, 0.5) is 0 Å². The number of fused-ring (bicyclic) bond motifs is 1. The van der Waals surface area contributed by atoms with E-state index in [2.05, 4.69) is 0 Å². The first-order valence-electron chi connectivity index (χ1n) is 7.08. The summed E-state index contributed by atoms with van der Waals surface area (Å²) in [5.41, 5.74) is 0. The molecule has 0 N–H and O–H groups in total. The lowest BCUT2D eigenvalue weighted by Crippen LogP contribution is -2.44. The molecule has 2 unspecified atom stereocenters. The summed E-state index contributed by atoms with van der Waals surface area (Å²) in [6, 6.07) is 0. The number of hydrogen-bond acceptors (Lipinski definition) is 2. The average molecular weight is 224 g/mol. The highest BCUT2D eigenvalue weighted by Gasteiger charge is 2.40. The number of carbonyl (C=O) groups is 1. The number of rotatable bonds is 0. The SMILES string of the molecule is O=C1OC2CCCCCCCCCCCC12. The van der Waals surface area contributed by atoms with E-state index >= 15 is 0 Å². The smallest absolute Gasteiger partial charge is 0.313 e. The van der Waals surface area contributed by atoms with E-state index in [-0.39, 0.29) is 18.0 Å². The fraction of sp³-hybridized carbons (Fsp3) is 0.929. The van der Waals surface area contributed by atoms with Crippen molar-refractivity contribution in [2.75, 3.05) is 0 Å². The maximum absolute atomic E-state index is 11.3. The molecule has 1 heterocycles. The maximum atomic E-state index is 11.3. The first-order chi connectivity index (χ1) is 7.88. The number of carbonyl (C=O) groups excluding carboxylic acids is 1. The fourth-order valence-electron chi connectivity index (χ4n) is 2.91. The third-order valence-corrected chi connectivity index (χ3v) is 4.02. The number of esters is 1. The molecular weight excluding hydrogens is 200 g/mol. The summed E-state index contributed by atoms with van der Waals surface area (Å²) in [5, 5.41) is 0. The molecular formula is C14H24O2. The van der Waals surface area contributed by atoms with Gasteiger partial charge >= 0.3 is 5.97 Å². The summed E-state index contributed by atoms with van der Waals surface area (Å²) in [6.45, 7) is 0. The summed E-state index contributed by atoms with van der Waals surface area (Å²) in [5.74, 6) is 0.320. The molecule has 0 aromatic carbocycles. The van der Waals surface area contributed by atoms with Gasteiger partial charge in [-0.3, -0.25) is 4.79 Å². The van der Waals surface area contributed by atoms with Gasteiger partial charge in [0.05, 0.1) is 5.92 Å². The molecule has 1 aliphatic carbocycles. The molecule has 2 aliphatic rings. The van der Waals surface area contributed by atoms with E-state index in [0.29, 0.717) is 0 Å². The molecule has 0 aromatic heterocycles. The van der Waals surface area contributed by atoms with Gasteiger partial charge in [0, 0.05) is 0 Å². The Morgan fingerprint density at radius 2 is 1.25 bits per heavy atom. The quantitative estimate of drug-likeness (QED) is 0.584. The molecule has 92 valence electrons. The second-order valence-corrected chi connectivity index (χ2v) is 5.34. The molecule has 0 amide bonds. The van der Waals surface area contributed by atoms with Crippen molar-refractivity contribution >= 4 is 5.97 Å². The van der Waals surface area contributed by atoms with Crippen LogP contribution in [0.5, 0.6) is 0 Å². The zero-order valence-corrected chi connectivity index (χ0v) is 10.2. The van der Waals surface area contributed by atoms with E-state index in [1.54, 1.807) is 0 Å². The van der Waals surface area contributed by atoms with Gasteiger partial charge in [0.25, 0.3) is 0 Å². The van der Waals surface area contributed by atoms with Gasteiger partial charge in [-0.1, -0.05) is 51.4 Å². The Labute approximate surface area is 98.7 Å². The van der Waals surface area contributed by atoms with Gasteiger partial charge in [-0.2, -0.15) is 0 Å². The molecule has 1 saturated heterocycles. The molecule has 2 atom stereocenters. The van der Waals surface area contributed by atoms with Crippen LogP contribution in [-0.4, -0.2) is 12.1 Å². The van der Waals surface area contributed by atoms with Crippen LogP contribution in [0, 0.1) is 5.92 Å². The number of hydrogen-bond donors (Lipinski definition) is 0. The molecule has 1 saturated carbocycles. The van der Waals surface area contributed by atoms with E-state index < -0.39 is 0 Å². The van der Waals surface area contributed by atoms with Gasteiger partial charge in [0.1, 0.15) is 6.10 Å². The minimum absolute atomic E-state index is 0.0693. The lowest BCUT2D eigenvalue weighted by atomic mass is 9.88. The number of ether oxygens (including phenoxy) is 1. The summed E-state index contributed by atoms with van der Waals surface area (Å²) >= 11 is 0. The van der Waals surface area contributed by atoms with Crippen molar-refractivity contribution in [2.45, 2.75) is 76.7 Å². The van der Waals surface area contributed by atoms with Crippen LogP contribution in [0.1, 0.15) is 70.6 Å². The Balaban J connectivity index is 1.76. The zero-order chi connectivity index (χ0) is 11.2. The second kappa shape index (κ2) is 6.27. The summed E-state index contributed by atoms with van der Waals surface area (Å²) < 4.78 is 5.24. The van der Waals surface area contributed by atoms with Gasteiger partial charge in [-0.05, 0) is 19.3 Å². The van der Waals surface area contributed by atoms with Crippen LogP contribution in [0.2, 0.25) is 0 Å². The minimum Gasteiger partial charge on any atom is -0.461 e. The minimum atomic E-state index is 0.0693. The van der Waals surface area contributed by atoms with E-state index in [9.17, 15) is 4.79 Å². The van der Waals surface area contributed by atoms with Crippen molar-refractivity contribution in [2.24, 2.45) is 5.92 Å². The van der Waals surface area contributed by atoms with Crippen molar-refractivity contribution in [3.63, 3.8) is 0 Å². The van der Waals surface area contributed by atoms with Crippen LogP contribution >= 0.6 is 0 Å². The van der Waals surface area contributed by atoms with Gasteiger partial charge in [-0.25, -0.2) is 0 Å².